The van der Waals surface area contributed by atoms with Crippen molar-refractivity contribution < 1.29 is 95.5 Å². The third-order valence-electron chi connectivity index (χ3n) is 8.37. The van der Waals surface area contributed by atoms with Crippen molar-refractivity contribution in [3.63, 3.8) is 0 Å². The Bertz CT molecular complexity index is 1620. The highest BCUT2D eigenvalue weighted by molar-refractivity contribution is 5.72. The van der Waals surface area contributed by atoms with Crippen LogP contribution in [0.15, 0.2) is 36.4 Å². The number of hydrogen-bond acceptors (Lipinski definition) is 10. The normalized spacial score (nSPS) is 14.7. The van der Waals surface area contributed by atoms with Crippen LogP contribution in [0.1, 0.15) is 73.6 Å². The van der Waals surface area contributed by atoms with Crippen molar-refractivity contribution in [1.82, 2.24) is 4.90 Å². The van der Waals surface area contributed by atoms with Crippen molar-refractivity contribution in [2.45, 2.75) is 82.2 Å². The predicted molar refractivity (Wildman–Crippen MR) is 180 cm³/mol. The van der Waals surface area contributed by atoms with Gasteiger partial charge in [0.05, 0.1) is 55.2 Å². The quantitative estimate of drug-likeness (QED) is 0.0524. The van der Waals surface area contributed by atoms with E-state index in [2.05, 4.69) is 0 Å². The maximum Gasteiger partial charge on any atom is 0.419 e. The molecule has 3 rings (SSSR count). The maximum absolute atomic E-state index is 13.3. The summed E-state index contributed by atoms with van der Waals surface area (Å²) in [5, 5.41) is 0. The molecule has 0 aromatic heterocycles. The first-order valence-corrected chi connectivity index (χ1v) is 18.2. The second kappa shape index (κ2) is 22.2. The molecule has 2 aromatic rings. The molecule has 0 bridgehead atoms. The third kappa shape index (κ3) is 18.1. The Kier molecular flexibility index (Phi) is 18.4. The van der Waals surface area contributed by atoms with Crippen LogP contribution >= 0.6 is 0 Å². The van der Waals surface area contributed by atoms with Gasteiger partial charge in [-0.3, -0.25) is 19.3 Å². The number of rotatable bonds is 21. The first-order valence-electron chi connectivity index (χ1n) is 18.2. The highest BCUT2D eigenvalue weighted by atomic mass is 19.4. The average molecular weight is 872 g/mol. The summed E-state index contributed by atoms with van der Waals surface area (Å²) in [6.07, 6.45) is -20.8. The monoisotopic (exact) mass is 871 g/mol. The summed E-state index contributed by atoms with van der Waals surface area (Å²) in [5.74, 6) is -3.66. The first kappa shape index (κ1) is 48.9. The maximum atomic E-state index is 13.3. The van der Waals surface area contributed by atoms with Crippen LogP contribution in [-0.2, 0) is 58.0 Å². The van der Waals surface area contributed by atoms with Crippen LogP contribution in [0.25, 0.3) is 0 Å². The third-order valence-corrected chi connectivity index (χ3v) is 8.37. The fraction of sp³-hybridized carbons (Fsp3) is 0.595. The van der Waals surface area contributed by atoms with Crippen LogP contribution in [0.4, 0.5) is 52.7 Å². The lowest BCUT2D eigenvalue weighted by Crippen LogP contribution is -2.41. The summed E-state index contributed by atoms with van der Waals surface area (Å²) in [5.41, 5.74) is -6.15. The molecule has 10 nitrogen and oxygen atoms in total. The number of unbranched alkanes of at least 4 members (excludes halogenated alkanes) is 4. The Labute approximate surface area is 330 Å². The van der Waals surface area contributed by atoms with Gasteiger partial charge in [-0.15, -0.1) is 0 Å². The van der Waals surface area contributed by atoms with Gasteiger partial charge in [0.15, 0.2) is 6.10 Å². The number of morpholine rings is 1. The van der Waals surface area contributed by atoms with E-state index in [9.17, 15) is 67.1 Å². The number of benzene rings is 2. The van der Waals surface area contributed by atoms with Crippen molar-refractivity contribution in [1.29, 1.82) is 0 Å². The Morgan fingerprint density at radius 1 is 0.593 bits per heavy atom. The number of halogens is 12. The standard InChI is InChI=1S/C37H41F12NO9/c38-34(39,40)24-9-10-30(29(20-24)37(47,48)49)56-14-6-2-4-8-32(52)59-28(23-58-33(53)21-50-11-15-54-16-12-50)22-57-31(51)7-3-1-5-13-55-27-18-25(35(41,42)43)17-26(19-27)36(44,45)46/h9-10,17-20,28H,1-8,11-16,21-23H2. The number of alkyl halides is 12. The van der Waals surface area contributed by atoms with E-state index in [1.807, 2.05) is 0 Å². The van der Waals surface area contributed by atoms with Gasteiger partial charge >= 0.3 is 42.6 Å². The lowest BCUT2D eigenvalue weighted by Gasteiger charge is -2.25. The molecule has 22 heteroatoms. The smallest absolute Gasteiger partial charge is 0.419 e. The van der Waals surface area contributed by atoms with Crippen LogP contribution < -0.4 is 9.47 Å². The molecule has 1 atom stereocenters. The first-order chi connectivity index (χ1) is 27.5. The summed E-state index contributed by atoms with van der Waals surface area (Å²) in [6, 6.07) is 1.85. The van der Waals surface area contributed by atoms with Crippen LogP contribution in [0.2, 0.25) is 0 Å². The molecular weight excluding hydrogens is 830 g/mol. The van der Waals surface area contributed by atoms with E-state index >= 15 is 0 Å². The molecule has 1 aliphatic heterocycles. The fourth-order valence-electron chi connectivity index (χ4n) is 5.32. The van der Waals surface area contributed by atoms with Crippen molar-refractivity contribution in [3.05, 3.63) is 58.7 Å². The fourth-order valence-corrected chi connectivity index (χ4v) is 5.32. The zero-order valence-corrected chi connectivity index (χ0v) is 31.2. The molecule has 0 spiro atoms. The summed E-state index contributed by atoms with van der Waals surface area (Å²) >= 11 is 0. The van der Waals surface area contributed by atoms with Gasteiger partial charge in [-0.05, 0) is 74.9 Å². The number of carbonyl (C=O) groups is 3. The zero-order chi connectivity index (χ0) is 43.9. The Hall–Kier alpha value is -4.47. The second-order valence-electron chi connectivity index (χ2n) is 13.1. The van der Waals surface area contributed by atoms with E-state index in [-0.39, 0.29) is 83.3 Å². The Morgan fingerprint density at radius 2 is 1.12 bits per heavy atom. The van der Waals surface area contributed by atoms with Gasteiger partial charge in [-0.1, -0.05) is 0 Å². The molecule has 0 aliphatic carbocycles. The van der Waals surface area contributed by atoms with Crippen LogP contribution in [0.3, 0.4) is 0 Å². The van der Waals surface area contributed by atoms with Crippen molar-refractivity contribution in [2.75, 3.05) is 59.3 Å². The number of carbonyl (C=O) groups excluding carboxylic acids is 3. The van der Waals surface area contributed by atoms with Gasteiger partial charge < -0.3 is 28.4 Å². The zero-order valence-electron chi connectivity index (χ0n) is 31.2. The van der Waals surface area contributed by atoms with Gasteiger partial charge in [0, 0.05) is 25.9 Å². The highest BCUT2D eigenvalue weighted by Crippen LogP contribution is 2.41. The number of ether oxygens (including phenoxy) is 6. The number of nitrogens with zero attached hydrogens (tertiary/aromatic N) is 1. The van der Waals surface area contributed by atoms with Crippen LogP contribution in [-0.4, -0.2) is 88.2 Å². The molecule has 59 heavy (non-hydrogen) atoms. The molecule has 1 heterocycles. The number of esters is 3. The van der Waals surface area contributed by atoms with Gasteiger partial charge in [-0.2, -0.15) is 52.7 Å². The average Bonchev–Trinajstić information content (AvgIpc) is 3.14. The van der Waals surface area contributed by atoms with E-state index in [1.165, 1.54) is 0 Å². The molecule has 0 amide bonds. The molecule has 1 unspecified atom stereocenters. The molecule has 0 N–H and O–H groups in total. The van der Waals surface area contributed by atoms with Crippen LogP contribution in [0.5, 0.6) is 11.5 Å². The van der Waals surface area contributed by atoms with Gasteiger partial charge in [0.1, 0.15) is 24.7 Å². The minimum atomic E-state index is -5.11. The molecule has 332 valence electrons. The molecule has 2 aromatic carbocycles. The largest absolute Gasteiger partial charge is 0.494 e. The minimum Gasteiger partial charge on any atom is -0.494 e. The SMILES string of the molecule is O=C(CCCCCOc1cc(C(F)(F)F)cc(C(F)(F)F)c1)OCC(COC(=O)CN1CCOCC1)OC(=O)CCCCCOc1ccc(C(F)(F)F)cc1C(F)(F)F. The molecule has 1 saturated heterocycles. The predicted octanol–water partition coefficient (Wildman–Crippen LogP) is 8.67. The topological polar surface area (TPSA) is 110 Å². The van der Waals surface area contributed by atoms with Crippen molar-refractivity contribution in [2.24, 2.45) is 0 Å². The van der Waals surface area contributed by atoms with E-state index in [1.54, 1.807) is 4.90 Å². The Morgan fingerprint density at radius 3 is 1.66 bits per heavy atom. The lowest BCUT2D eigenvalue weighted by molar-refractivity contribution is -0.167. The highest BCUT2D eigenvalue weighted by Gasteiger charge is 2.39. The van der Waals surface area contributed by atoms with Gasteiger partial charge in [0.2, 0.25) is 0 Å². The van der Waals surface area contributed by atoms with E-state index in [0.717, 1.165) is 0 Å². The molecular formula is C37H41F12NO9. The number of hydrogen-bond donors (Lipinski definition) is 0. The second-order valence-corrected chi connectivity index (χ2v) is 13.1. The van der Waals surface area contributed by atoms with Crippen molar-refractivity contribution in [3.8, 4) is 11.5 Å². The van der Waals surface area contributed by atoms with E-state index in [0.29, 0.717) is 50.6 Å². The van der Waals surface area contributed by atoms with E-state index < -0.39 is 95.7 Å². The summed E-state index contributed by atoms with van der Waals surface area (Å²) in [7, 11) is 0. The van der Waals surface area contributed by atoms with E-state index in [4.69, 9.17) is 28.4 Å². The summed E-state index contributed by atoms with van der Waals surface area (Å²) in [6.45, 7) is 0.0749. The van der Waals surface area contributed by atoms with Crippen LogP contribution in [0, 0.1) is 0 Å². The molecule has 1 fully saturated rings. The molecule has 0 saturated carbocycles. The summed E-state index contributed by atoms with van der Waals surface area (Å²) < 4.78 is 188. The van der Waals surface area contributed by atoms with Gasteiger partial charge in [0.25, 0.3) is 0 Å². The van der Waals surface area contributed by atoms with Gasteiger partial charge in [-0.25, -0.2) is 0 Å². The summed E-state index contributed by atoms with van der Waals surface area (Å²) in [4.78, 5) is 39.2. The minimum absolute atomic E-state index is 0.0279. The lowest BCUT2D eigenvalue weighted by atomic mass is 10.1. The molecule has 1 aliphatic rings. The Balaban J connectivity index is 1.43. The van der Waals surface area contributed by atoms with Crippen molar-refractivity contribution >= 4 is 17.9 Å². The molecule has 0 radical (unpaired) electrons.